The van der Waals surface area contributed by atoms with Gasteiger partial charge in [0.2, 0.25) is 0 Å². The van der Waals surface area contributed by atoms with E-state index in [0.29, 0.717) is 22.8 Å². The van der Waals surface area contributed by atoms with Gasteiger partial charge < -0.3 is 14.2 Å². The molecule has 0 aliphatic heterocycles. The Balaban J connectivity index is 2.32. The molecule has 0 bridgehead atoms. The minimum Gasteiger partial charge on any atom is -0.497 e. The Morgan fingerprint density at radius 1 is 1.17 bits per heavy atom. The zero-order valence-electron chi connectivity index (χ0n) is 10.8. The van der Waals surface area contributed by atoms with Gasteiger partial charge >= 0.3 is 0 Å². The Morgan fingerprint density at radius 3 is 2.44 bits per heavy atom. The van der Waals surface area contributed by atoms with Gasteiger partial charge in [-0.3, -0.25) is 4.79 Å². The van der Waals surface area contributed by atoms with E-state index in [2.05, 4.69) is 0 Å². The third-order valence-electron chi connectivity index (χ3n) is 3.23. The fourth-order valence-corrected chi connectivity index (χ4v) is 2.25. The molecule has 0 unspecified atom stereocenters. The van der Waals surface area contributed by atoms with Crippen LogP contribution in [0.5, 0.6) is 17.2 Å². The molecule has 0 spiro atoms. The van der Waals surface area contributed by atoms with Crippen LogP contribution in [0.1, 0.15) is 36.0 Å². The van der Waals surface area contributed by atoms with E-state index >= 15 is 0 Å². The monoisotopic (exact) mass is 250 g/mol. The Morgan fingerprint density at radius 2 is 1.89 bits per heavy atom. The van der Waals surface area contributed by atoms with Gasteiger partial charge in [-0.05, 0) is 31.7 Å². The van der Waals surface area contributed by atoms with Crippen molar-refractivity contribution in [1.82, 2.24) is 0 Å². The molecule has 1 saturated carbocycles. The first-order chi connectivity index (χ1) is 8.78. The molecule has 0 atom stereocenters. The largest absolute Gasteiger partial charge is 0.497 e. The summed E-state index contributed by atoms with van der Waals surface area (Å²) in [5, 5.41) is 0. The third kappa shape index (κ3) is 2.58. The van der Waals surface area contributed by atoms with Crippen LogP contribution < -0.4 is 14.2 Å². The van der Waals surface area contributed by atoms with Crippen LogP contribution in [0.2, 0.25) is 0 Å². The Bertz CT molecular complexity index is 422. The Kier molecular flexibility index (Phi) is 4.07. The van der Waals surface area contributed by atoms with Gasteiger partial charge in [-0.1, -0.05) is 0 Å². The first-order valence-electron chi connectivity index (χ1n) is 6.16. The highest BCUT2D eigenvalue weighted by Crippen LogP contribution is 2.37. The molecule has 1 aliphatic carbocycles. The summed E-state index contributed by atoms with van der Waals surface area (Å²) in [5.41, 5.74) is 0.470. The van der Waals surface area contributed by atoms with E-state index in [4.69, 9.17) is 14.2 Å². The van der Waals surface area contributed by atoms with Crippen LogP contribution in [0.15, 0.2) is 12.1 Å². The van der Waals surface area contributed by atoms with Crippen molar-refractivity contribution in [1.29, 1.82) is 0 Å². The smallest absolute Gasteiger partial charge is 0.172 e. The van der Waals surface area contributed by atoms with Crippen molar-refractivity contribution in [2.75, 3.05) is 14.2 Å². The van der Waals surface area contributed by atoms with Gasteiger partial charge in [0.25, 0.3) is 0 Å². The normalized spacial score (nSPS) is 15.4. The maximum atomic E-state index is 11.1. The van der Waals surface area contributed by atoms with Crippen LogP contribution in [0.4, 0.5) is 0 Å². The highest BCUT2D eigenvalue weighted by Gasteiger charge is 2.21. The van der Waals surface area contributed by atoms with Crippen LogP contribution in [0.25, 0.3) is 0 Å². The first kappa shape index (κ1) is 12.7. The van der Waals surface area contributed by atoms with Crippen molar-refractivity contribution < 1.29 is 19.0 Å². The van der Waals surface area contributed by atoms with Gasteiger partial charge in [0, 0.05) is 6.07 Å². The van der Waals surface area contributed by atoms with E-state index in [9.17, 15) is 4.79 Å². The van der Waals surface area contributed by atoms with Gasteiger partial charge in [-0.2, -0.15) is 0 Å². The first-order valence-corrected chi connectivity index (χ1v) is 6.16. The van der Waals surface area contributed by atoms with E-state index in [1.54, 1.807) is 26.4 Å². The minimum atomic E-state index is 0.186. The molecule has 0 aromatic heterocycles. The van der Waals surface area contributed by atoms with Crippen molar-refractivity contribution >= 4 is 6.29 Å². The topological polar surface area (TPSA) is 44.8 Å². The van der Waals surface area contributed by atoms with E-state index in [1.165, 1.54) is 12.8 Å². The SMILES string of the molecule is COc1cc(C=O)c(OC2CCCC2)c(OC)c1. The third-order valence-corrected chi connectivity index (χ3v) is 3.23. The Labute approximate surface area is 107 Å². The van der Waals surface area contributed by atoms with E-state index < -0.39 is 0 Å². The molecule has 1 aromatic rings. The number of hydrogen-bond acceptors (Lipinski definition) is 4. The van der Waals surface area contributed by atoms with E-state index in [0.717, 1.165) is 19.1 Å². The van der Waals surface area contributed by atoms with Gasteiger partial charge in [0.05, 0.1) is 25.9 Å². The standard InChI is InChI=1S/C14H18O4/c1-16-12-7-10(9-15)14(13(8-12)17-2)18-11-5-3-4-6-11/h7-9,11H,3-6H2,1-2H3. The lowest BCUT2D eigenvalue weighted by atomic mass is 10.2. The molecule has 0 radical (unpaired) electrons. The summed E-state index contributed by atoms with van der Waals surface area (Å²) in [4.78, 5) is 11.1. The molecule has 2 rings (SSSR count). The van der Waals surface area contributed by atoms with Crippen molar-refractivity contribution in [3.63, 3.8) is 0 Å². The van der Waals surface area contributed by atoms with Crippen LogP contribution in [-0.2, 0) is 0 Å². The quantitative estimate of drug-likeness (QED) is 0.754. The zero-order valence-corrected chi connectivity index (χ0v) is 10.8. The molecule has 4 heteroatoms. The summed E-state index contributed by atoms with van der Waals surface area (Å²) in [6.45, 7) is 0. The molecule has 0 amide bonds. The second-order valence-electron chi connectivity index (χ2n) is 4.39. The van der Waals surface area contributed by atoms with Crippen LogP contribution >= 0.6 is 0 Å². The number of ether oxygens (including phenoxy) is 3. The van der Waals surface area contributed by atoms with Crippen molar-refractivity contribution in [2.24, 2.45) is 0 Å². The highest BCUT2D eigenvalue weighted by atomic mass is 16.5. The summed E-state index contributed by atoms with van der Waals surface area (Å²) in [5.74, 6) is 1.66. The minimum absolute atomic E-state index is 0.186. The Hall–Kier alpha value is -1.71. The van der Waals surface area contributed by atoms with Crippen molar-refractivity contribution in [3.8, 4) is 17.2 Å². The molecule has 4 nitrogen and oxygen atoms in total. The molecule has 98 valence electrons. The number of aldehydes is 1. The predicted molar refractivity (Wildman–Crippen MR) is 67.8 cm³/mol. The number of carbonyl (C=O) groups excluding carboxylic acids is 1. The average Bonchev–Trinajstić information content (AvgIpc) is 2.91. The lowest BCUT2D eigenvalue weighted by Crippen LogP contribution is -2.13. The van der Waals surface area contributed by atoms with Crippen molar-refractivity contribution in [2.45, 2.75) is 31.8 Å². The molecule has 1 aromatic carbocycles. The fraction of sp³-hybridized carbons (Fsp3) is 0.500. The number of methoxy groups -OCH3 is 2. The number of carbonyl (C=O) groups is 1. The molecule has 0 heterocycles. The van der Waals surface area contributed by atoms with Gasteiger partial charge in [0.1, 0.15) is 5.75 Å². The summed E-state index contributed by atoms with van der Waals surface area (Å²) >= 11 is 0. The number of rotatable bonds is 5. The second kappa shape index (κ2) is 5.76. The van der Waals surface area contributed by atoms with E-state index in [-0.39, 0.29) is 6.10 Å². The molecule has 0 saturated heterocycles. The van der Waals surface area contributed by atoms with Gasteiger partial charge in [-0.15, -0.1) is 0 Å². The summed E-state index contributed by atoms with van der Waals surface area (Å²) < 4.78 is 16.3. The zero-order chi connectivity index (χ0) is 13.0. The van der Waals surface area contributed by atoms with Crippen LogP contribution in [0.3, 0.4) is 0 Å². The summed E-state index contributed by atoms with van der Waals surface area (Å²) in [6, 6.07) is 3.40. The van der Waals surface area contributed by atoms with E-state index in [1.807, 2.05) is 0 Å². The highest BCUT2D eigenvalue weighted by molar-refractivity contribution is 5.82. The number of benzene rings is 1. The molecular formula is C14H18O4. The lowest BCUT2D eigenvalue weighted by Gasteiger charge is -2.18. The maximum absolute atomic E-state index is 11.1. The maximum Gasteiger partial charge on any atom is 0.172 e. The molecule has 1 aliphatic rings. The van der Waals surface area contributed by atoms with Gasteiger partial charge in [0.15, 0.2) is 17.8 Å². The number of hydrogen-bond donors (Lipinski definition) is 0. The van der Waals surface area contributed by atoms with Gasteiger partial charge in [-0.25, -0.2) is 0 Å². The average molecular weight is 250 g/mol. The van der Waals surface area contributed by atoms with Crippen LogP contribution in [-0.4, -0.2) is 26.6 Å². The summed E-state index contributed by atoms with van der Waals surface area (Å²) in [7, 11) is 3.12. The summed E-state index contributed by atoms with van der Waals surface area (Å²) in [6.07, 6.45) is 5.39. The molecule has 0 N–H and O–H groups in total. The molecular weight excluding hydrogens is 232 g/mol. The van der Waals surface area contributed by atoms with Crippen LogP contribution in [0, 0.1) is 0 Å². The molecule has 1 fully saturated rings. The predicted octanol–water partition coefficient (Wildman–Crippen LogP) is 2.84. The lowest BCUT2D eigenvalue weighted by molar-refractivity contribution is 0.111. The fourth-order valence-electron chi connectivity index (χ4n) is 2.25. The molecule has 18 heavy (non-hydrogen) atoms. The van der Waals surface area contributed by atoms with Crippen molar-refractivity contribution in [3.05, 3.63) is 17.7 Å². The second-order valence-corrected chi connectivity index (χ2v) is 4.39.